The second-order valence-corrected chi connectivity index (χ2v) is 18.1. The fraction of sp³-hybridized carbons (Fsp3) is 0.510. The minimum absolute atomic E-state index is 0.0471. The van der Waals surface area contributed by atoms with Crippen molar-refractivity contribution in [3.63, 3.8) is 0 Å². The number of allylic oxidation sites excluding steroid dienone is 4. The van der Waals surface area contributed by atoms with Crippen LogP contribution in [0.3, 0.4) is 0 Å². The van der Waals surface area contributed by atoms with Crippen LogP contribution in [-0.2, 0) is 14.3 Å². The van der Waals surface area contributed by atoms with Gasteiger partial charge in [-0.3, -0.25) is 19.2 Å². The molecule has 2 aromatic carbocycles. The molecule has 356 valence electrons. The number of unbranched alkanes of at least 4 members (excludes halogenated alkanes) is 1. The number of aliphatic hydroxyl groups is 3. The molecule has 0 saturated carbocycles. The maximum atomic E-state index is 15.3. The first-order chi connectivity index (χ1) is 31.4. The number of amides is 1. The van der Waals surface area contributed by atoms with Crippen molar-refractivity contribution in [2.75, 3.05) is 26.8 Å². The summed E-state index contributed by atoms with van der Waals surface area (Å²) in [6.07, 6.45) is 7.36. The first-order valence-corrected chi connectivity index (χ1v) is 22.9. The Labute approximate surface area is 386 Å². The average Bonchev–Trinajstić information content (AvgIpc) is 3.58. The van der Waals surface area contributed by atoms with Gasteiger partial charge in [-0.1, -0.05) is 59.3 Å². The molecule has 9 atom stereocenters. The van der Waals surface area contributed by atoms with Crippen molar-refractivity contribution in [2.24, 2.45) is 23.7 Å². The number of piperidine rings is 1. The monoisotopic (exact) mass is 912 g/mol. The summed E-state index contributed by atoms with van der Waals surface area (Å²) in [6.45, 7) is 14.5. The Morgan fingerprint density at radius 2 is 1.52 bits per heavy atom. The van der Waals surface area contributed by atoms with Crippen LogP contribution in [0.15, 0.2) is 71.8 Å². The molecule has 4 aliphatic heterocycles. The third-order valence-electron chi connectivity index (χ3n) is 13.4. The number of likely N-dealkylation sites (tertiary alicyclic amines) is 1. The minimum Gasteiger partial charge on any atom is -0.494 e. The van der Waals surface area contributed by atoms with Gasteiger partial charge in [0.05, 0.1) is 59.5 Å². The molecule has 0 radical (unpaired) electrons. The van der Waals surface area contributed by atoms with Gasteiger partial charge in [-0.15, -0.1) is 0 Å². The largest absolute Gasteiger partial charge is 0.494 e. The molecule has 4 heterocycles. The number of rotatable bonds is 8. The molecule has 1 fully saturated rings. The molecular weight excluding hydrogens is 849 g/mol. The number of nitrogens with one attached hydrogen (secondary N) is 1. The summed E-state index contributed by atoms with van der Waals surface area (Å²) in [6, 6.07) is 6.25. The number of aliphatic hydroxyl groups excluding tert-OH is 3. The van der Waals surface area contributed by atoms with Gasteiger partial charge < -0.3 is 49.2 Å². The van der Waals surface area contributed by atoms with Crippen LogP contribution < -0.4 is 19.5 Å². The fourth-order valence-corrected chi connectivity index (χ4v) is 8.99. The molecule has 66 heavy (non-hydrogen) atoms. The minimum atomic E-state index is -2.12. The number of fused-ring (bicyclic) bond motifs is 14. The van der Waals surface area contributed by atoms with E-state index in [1.54, 1.807) is 56.9 Å². The average molecular weight is 913 g/mol. The van der Waals surface area contributed by atoms with E-state index in [2.05, 4.69) is 5.32 Å². The molecule has 2 aromatic rings. The highest BCUT2D eigenvalue weighted by atomic mass is 16.7. The molecule has 0 spiro atoms. The molecule has 5 bridgehead atoms. The molecule has 1 amide bonds. The third-order valence-corrected chi connectivity index (χ3v) is 13.4. The maximum absolute atomic E-state index is 15.3. The van der Waals surface area contributed by atoms with Gasteiger partial charge in [0.1, 0.15) is 28.6 Å². The van der Waals surface area contributed by atoms with Gasteiger partial charge in [-0.05, 0) is 69.9 Å². The number of ether oxygens (including phenoxy) is 5. The van der Waals surface area contributed by atoms with E-state index in [0.717, 1.165) is 19.3 Å². The molecule has 0 unspecified atom stereocenters. The lowest BCUT2D eigenvalue weighted by atomic mass is 9.78. The lowest BCUT2D eigenvalue weighted by Gasteiger charge is -2.36. The lowest BCUT2D eigenvalue weighted by Crippen LogP contribution is -2.45. The van der Waals surface area contributed by atoms with E-state index in [-0.39, 0.29) is 50.7 Å². The van der Waals surface area contributed by atoms with Gasteiger partial charge in [-0.25, -0.2) is 4.79 Å². The summed E-state index contributed by atoms with van der Waals surface area (Å²) in [5.41, 5.74) is -1.16. The van der Waals surface area contributed by atoms with Crippen LogP contribution in [0.4, 0.5) is 0 Å². The number of benzene rings is 2. The normalized spacial score (nSPS) is 28.7. The second kappa shape index (κ2) is 20.9. The van der Waals surface area contributed by atoms with Crippen molar-refractivity contribution < 1.29 is 63.0 Å². The van der Waals surface area contributed by atoms with Crippen molar-refractivity contribution >= 4 is 29.2 Å². The molecule has 1 aliphatic carbocycles. The van der Waals surface area contributed by atoms with Crippen LogP contribution in [0.25, 0.3) is 0 Å². The number of hydrogen-bond acceptors (Lipinski definition) is 14. The van der Waals surface area contributed by atoms with E-state index in [4.69, 9.17) is 23.7 Å². The zero-order valence-corrected chi connectivity index (χ0v) is 39.3. The van der Waals surface area contributed by atoms with E-state index in [9.17, 15) is 29.7 Å². The Hall–Kier alpha value is -5.61. The van der Waals surface area contributed by atoms with Gasteiger partial charge >= 0.3 is 11.8 Å². The van der Waals surface area contributed by atoms with E-state index < -0.39 is 88.7 Å². The number of methoxy groups -OCH3 is 1. The SMILES string of the molecule is CCCCOc1ccc(C(=O)Oc2c(C)c3c4c5c2C(=O)C(=C(N2CCCCC2)C5=O)NC(=O)C(C)=CC=C[C@H](C)[C@H](O)[C@@H](C)[C@H](O)[C@H](C)[C@H](O)[C@H](C)[C@@H](OC)C=CO[C@@](C)(O3)C4=O)cc1. The Morgan fingerprint density at radius 3 is 2.17 bits per heavy atom. The zero-order valence-electron chi connectivity index (χ0n) is 39.3. The van der Waals surface area contributed by atoms with Crippen molar-refractivity contribution in [1.82, 2.24) is 10.2 Å². The van der Waals surface area contributed by atoms with E-state index in [0.29, 0.717) is 38.3 Å². The smallest absolute Gasteiger partial charge is 0.343 e. The molecule has 0 aromatic heterocycles. The summed E-state index contributed by atoms with van der Waals surface area (Å²) in [5.74, 6) is -8.60. The van der Waals surface area contributed by atoms with E-state index in [1.165, 1.54) is 58.4 Å². The summed E-state index contributed by atoms with van der Waals surface area (Å²) in [5, 5.41) is 36.8. The van der Waals surface area contributed by atoms with Crippen molar-refractivity contribution in [3.05, 3.63) is 99.6 Å². The maximum Gasteiger partial charge on any atom is 0.343 e. The predicted octanol–water partition coefficient (Wildman–Crippen LogP) is 6.57. The van der Waals surface area contributed by atoms with Crippen molar-refractivity contribution in [1.29, 1.82) is 0 Å². The van der Waals surface area contributed by atoms with Gasteiger partial charge in [0, 0.05) is 61.9 Å². The molecule has 1 saturated heterocycles. The Balaban J connectivity index is 1.52. The predicted molar refractivity (Wildman–Crippen MR) is 244 cm³/mol. The summed E-state index contributed by atoms with van der Waals surface area (Å²) >= 11 is 0. The molecule has 4 N–H and O–H groups in total. The number of ketones is 3. The number of nitrogens with zero attached hydrogens (tertiary/aromatic N) is 1. The summed E-state index contributed by atoms with van der Waals surface area (Å²) in [7, 11) is 1.43. The van der Waals surface area contributed by atoms with Gasteiger partial charge in [-0.2, -0.15) is 0 Å². The van der Waals surface area contributed by atoms with Crippen LogP contribution >= 0.6 is 0 Å². The van der Waals surface area contributed by atoms with Crippen LogP contribution in [0.2, 0.25) is 0 Å². The lowest BCUT2D eigenvalue weighted by molar-refractivity contribution is -0.116. The van der Waals surface area contributed by atoms with Crippen molar-refractivity contribution in [3.8, 4) is 17.2 Å². The van der Waals surface area contributed by atoms with Gasteiger partial charge in [0.25, 0.3) is 11.7 Å². The number of esters is 1. The van der Waals surface area contributed by atoms with Crippen molar-refractivity contribution in [2.45, 2.75) is 118 Å². The van der Waals surface area contributed by atoms with Crippen LogP contribution in [0.5, 0.6) is 17.2 Å². The third kappa shape index (κ3) is 9.90. The highest BCUT2D eigenvalue weighted by molar-refractivity contribution is 6.32. The van der Waals surface area contributed by atoms with E-state index in [1.807, 2.05) is 6.92 Å². The van der Waals surface area contributed by atoms with E-state index >= 15 is 9.59 Å². The van der Waals surface area contributed by atoms with Gasteiger partial charge in [0.15, 0.2) is 0 Å². The highest BCUT2D eigenvalue weighted by Gasteiger charge is 2.53. The first-order valence-electron chi connectivity index (χ1n) is 22.9. The molecule has 15 heteroatoms. The summed E-state index contributed by atoms with van der Waals surface area (Å²) in [4.78, 5) is 75.1. The molecule has 5 aliphatic rings. The molecule has 15 nitrogen and oxygen atoms in total. The standard InChI is InChI=1S/C51H64N2O13/c1-10-11-25-63-34-20-18-33(19-21-34)50(61)65-46-32(7)47-38-36-37(46)44(57)39(40(45(36)58)53-23-13-12-14-24-53)52-49(60)28(3)17-15-16-27(2)41(54)30(5)43(56)31(6)42(55)29(4)35(62-9)22-26-64-51(8,66-47)48(38)59/h15-22,26-27,29-31,35,41-43,54-56H,10-14,23-25H2,1-9H3,(H,52,60)/t27-,29+,30+,31+,35-,41-,42+,43-,51-/m0/s1. The van der Waals surface area contributed by atoms with Gasteiger partial charge in [0.2, 0.25) is 11.6 Å². The highest BCUT2D eigenvalue weighted by Crippen LogP contribution is 2.50. The van der Waals surface area contributed by atoms with Crippen LogP contribution in [0.1, 0.15) is 128 Å². The second-order valence-electron chi connectivity index (χ2n) is 18.1. The Morgan fingerprint density at radius 1 is 0.864 bits per heavy atom. The fourth-order valence-electron chi connectivity index (χ4n) is 8.99. The number of carbonyl (C=O) groups excluding carboxylic acids is 5. The Kier molecular flexibility index (Phi) is 15.8. The molecule has 7 rings (SSSR count). The quantitative estimate of drug-likeness (QED) is 0.126. The van der Waals surface area contributed by atoms with Crippen LogP contribution in [0, 0.1) is 30.6 Å². The first kappa shape index (κ1) is 49.8. The van der Waals surface area contributed by atoms with Crippen LogP contribution in [-0.4, -0.2) is 106 Å². The zero-order chi connectivity index (χ0) is 48.2. The molecular formula is C51H64N2O13. The topological polar surface area (TPSA) is 207 Å². The number of hydrogen-bond donors (Lipinski definition) is 4. The summed E-state index contributed by atoms with van der Waals surface area (Å²) < 4.78 is 29.9. The number of Topliss-reactive ketones (excluding diaryl/α,β-unsaturated/α-hetero) is 3. The number of carbonyl (C=O) groups is 5. The Bertz CT molecular complexity index is 2320.